The van der Waals surface area contributed by atoms with Crippen LogP contribution in [0.3, 0.4) is 0 Å². The second-order valence-corrected chi connectivity index (χ2v) is 7.16. The second kappa shape index (κ2) is 5.17. The number of rotatable bonds is 0. The van der Waals surface area contributed by atoms with Crippen molar-refractivity contribution in [3.63, 3.8) is 0 Å². The third-order valence-corrected chi connectivity index (χ3v) is 5.76. The van der Waals surface area contributed by atoms with Crippen molar-refractivity contribution in [3.05, 3.63) is 70.3 Å². The van der Waals surface area contributed by atoms with Crippen molar-refractivity contribution in [1.29, 1.82) is 0 Å². The van der Waals surface area contributed by atoms with Crippen LogP contribution in [0.4, 0.5) is 0 Å². The van der Waals surface area contributed by atoms with Gasteiger partial charge in [0.2, 0.25) is 0 Å². The van der Waals surface area contributed by atoms with Crippen molar-refractivity contribution in [1.82, 2.24) is 15.8 Å². The first-order chi connectivity index (χ1) is 11.3. The maximum atomic E-state index is 3.75. The van der Waals surface area contributed by atoms with E-state index in [4.69, 9.17) is 0 Å². The Morgan fingerprint density at radius 1 is 1.22 bits per heavy atom. The van der Waals surface area contributed by atoms with Crippen LogP contribution in [0.1, 0.15) is 23.5 Å². The zero-order valence-corrected chi connectivity index (χ0v) is 13.5. The summed E-state index contributed by atoms with van der Waals surface area (Å²) in [4.78, 5) is 0. The summed E-state index contributed by atoms with van der Waals surface area (Å²) in [6, 6.07) is 9.90. The molecule has 23 heavy (non-hydrogen) atoms. The van der Waals surface area contributed by atoms with E-state index in [0.29, 0.717) is 18.0 Å². The number of hydrogen-bond donors (Lipinski definition) is 2. The molecule has 0 spiro atoms. The van der Waals surface area contributed by atoms with Crippen molar-refractivity contribution < 1.29 is 0 Å². The molecular formula is C20H23N3. The van der Waals surface area contributed by atoms with Crippen molar-refractivity contribution in [2.75, 3.05) is 20.1 Å². The Morgan fingerprint density at radius 2 is 2.13 bits per heavy atom. The number of fused-ring (bicyclic) bond motifs is 2. The number of allylic oxidation sites excluding steroid dienone is 2. The third-order valence-electron chi connectivity index (χ3n) is 5.76. The van der Waals surface area contributed by atoms with E-state index in [0.717, 1.165) is 25.9 Å². The highest BCUT2D eigenvalue weighted by Crippen LogP contribution is 2.44. The van der Waals surface area contributed by atoms with Gasteiger partial charge in [0.25, 0.3) is 0 Å². The van der Waals surface area contributed by atoms with E-state index in [1.54, 1.807) is 11.1 Å². The summed E-state index contributed by atoms with van der Waals surface area (Å²) in [5.74, 6) is 0.511. The van der Waals surface area contributed by atoms with Crippen LogP contribution in [0, 0.1) is 0 Å². The average Bonchev–Trinajstić information content (AvgIpc) is 2.82. The van der Waals surface area contributed by atoms with Gasteiger partial charge in [0, 0.05) is 25.6 Å². The minimum Gasteiger partial charge on any atom is -0.307 e. The number of nitrogens with zero attached hydrogens (tertiary/aromatic N) is 1. The molecule has 2 N–H and O–H groups in total. The summed E-state index contributed by atoms with van der Waals surface area (Å²) >= 11 is 0. The van der Waals surface area contributed by atoms with Gasteiger partial charge in [-0.25, -0.2) is 10.4 Å². The molecule has 4 aliphatic rings. The fourth-order valence-electron chi connectivity index (χ4n) is 4.85. The van der Waals surface area contributed by atoms with Crippen LogP contribution in [-0.2, 0) is 6.42 Å². The predicted octanol–water partition coefficient (Wildman–Crippen LogP) is 2.30. The van der Waals surface area contributed by atoms with E-state index in [1.165, 1.54) is 16.7 Å². The van der Waals surface area contributed by atoms with Gasteiger partial charge in [0.15, 0.2) is 0 Å². The lowest BCUT2D eigenvalue weighted by Crippen LogP contribution is -2.52. The first-order valence-corrected chi connectivity index (χ1v) is 8.71. The van der Waals surface area contributed by atoms with Crippen molar-refractivity contribution >= 4 is 0 Å². The Balaban J connectivity index is 1.78. The number of hydrazine groups is 1. The first kappa shape index (κ1) is 13.7. The molecule has 1 saturated heterocycles. The number of hydrogen-bond acceptors (Lipinski definition) is 3. The summed E-state index contributed by atoms with van der Waals surface area (Å²) in [7, 11) is 2.18. The monoisotopic (exact) mass is 305 g/mol. The Kier molecular flexibility index (Phi) is 3.08. The SMILES string of the molecule is CN1CC2C3=C4C(=CC=CC4NCCC3N1)Cc1ccccc12. The normalized spacial score (nSPS) is 32.6. The van der Waals surface area contributed by atoms with E-state index in [2.05, 4.69) is 65.3 Å². The number of likely N-dealkylation sites (N-methyl/N-ethyl adjacent to an activating group) is 1. The standard InChI is InChI=1S/C20H23N3/c1-23-12-16-15-7-3-2-5-13(15)11-14-6-4-8-17-19(14)20(16)18(22-23)9-10-21-17/h2-8,16-18,21-22H,9-12H2,1H3. The van der Waals surface area contributed by atoms with Crippen LogP contribution < -0.4 is 10.7 Å². The lowest BCUT2D eigenvalue weighted by molar-refractivity contribution is 0.164. The first-order valence-electron chi connectivity index (χ1n) is 8.71. The summed E-state index contributed by atoms with van der Waals surface area (Å²) < 4.78 is 0. The molecule has 5 rings (SSSR count). The highest BCUT2D eigenvalue weighted by molar-refractivity contribution is 5.58. The highest BCUT2D eigenvalue weighted by atomic mass is 15.5. The van der Waals surface area contributed by atoms with Gasteiger partial charge in [-0.05, 0) is 47.2 Å². The molecule has 2 heterocycles. The minimum atomic E-state index is 0.386. The molecule has 0 bridgehead atoms. The van der Waals surface area contributed by atoms with Gasteiger partial charge in [-0.3, -0.25) is 0 Å². The molecule has 3 heteroatoms. The Labute approximate surface area is 137 Å². The lowest BCUT2D eigenvalue weighted by Gasteiger charge is -2.40. The van der Waals surface area contributed by atoms with E-state index in [-0.39, 0.29) is 0 Å². The van der Waals surface area contributed by atoms with Crippen LogP contribution in [0.5, 0.6) is 0 Å². The fourth-order valence-corrected chi connectivity index (χ4v) is 4.85. The molecule has 3 nitrogen and oxygen atoms in total. The van der Waals surface area contributed by atoms with Crippen LogP contribution in [0.25, 0.3) is 0 Å². The Bertz CT molecular complexity index is 743. The van der Waals surface area contributed by atoms with Gasteiger partial charge in [-0.2, -0.15) is 0 Å². The van der Waals surface area contributed by atoms with Crippen LogP contribution in [-0.4, -0.2) is 37.2 Å². The van der Waals surface area contributed by atoms with Gasteiger partial charge in [0.05, 0.1) is 6.04 Å². The molecule has 2 aliphatic carbocycles. The number of benzene rings is 1. The molecule has 0 radical (unpaired) electrons. The van der Waals surface area contributed by atoms with Gasteiger partial charge in [0.1, 0.15) is 0 Å². The summed E-state index contributed by atoms with van der Waals surface area (Å²) in [6.45, 7) is 2.12. The van der Waals surface area contributed by atoms with Gasteiger partial charge in [-0.1, -0.05) is 42.5 Å². The molecule has 1 aromatic rings. The molecule has 0 saturated carbocycles. The molecule has 3 atom stereocenters. The molecule has 3 unspecified atom stereocenters. The highest BCUT2D eigenvalue weighted by Gasteiger charge is 2.40. The second-order valence-electron chi connectivity index (χ2n) is 7.16. The van der Waals surface area contributed by atoms with E-state index in [1.807, 2.05) is 0 Å². The Hall–Kier alpha value is -1.68. The summed E-state index contributed by atoms with van der Waals surface area (Å²) in [5.41, 5.74) is 11.5. The van der Waals surface area contributed by atoms with Crippen LogP contribution in [0.15, 0.2) is 59.2 Å². The van der Waals surface area contributed by atoms with Crippen LogP contribution in [0.2, 0.25) is 0 Å². The fraction of sp³-hybridized carbons (Fsp3) is 0.400. The summed E-state index contributed by atoms with van der Waals surface area (Å²) in [5, 5.41) is 6.05. The van der Waals surface area contributed by atoms with Crippen molar-refractivity contribution in [3.8, 4) is 0 Å². The van der Waals surface area contributed by atoms with Gasteiger partial charge in [-0.15, -0.1) is 0 Å². The Morgan fingerprint density at radius 3 is 3.09 bits per heavy atom. The molecule has 2 aliphatic heterocycles. The molecule has 0 amide bonds. The average molecular weight is 305 g/mol. The third kappa shape index (κ3) is 2.08. The smallest absolute Gasteiger partial charge is 0.0512 e. The summed E-state index contributed by atoms with van der Waals surface area (Å²) in [6.07, 6.45) is 9.12. The van der Waals surface area contributed by atoms with E-state index < -0.39 is 0 Å². The van der Waals surface area contributed by atoms with Gasteiger partial charge < -0.3 is 5.32 Å². The molecule has 118 valence electrons. The maximum Gasteiger partial charge on any atom is 0.0512 e. The van der Waals surface area contributed by atoms with Crippen molar-refractivity contribution in [2.24, 2.45) is 0 Å². The molecule has 0 aromatic heterocycles. The molecule has 1 aromatic carbocycles. The predicted molar refractivity (Wildman–Crippen MR) is 93.1 cm³/mol. The van der Waals surface area contributed by atoms with Crippen LogP contribution >= 0.6 is 0 Å². The zero-order valence-electron chi connectivity index (χ0n) is 13.5. The zero-order chi connectivity index (χ0) is 15.4. The van der Waals surface area contributed by atoms with Crippen molar-refractivity contribution in [2.45, 2.75) is 30.8 Å². The molecule has 1 fully saturated rings. The lowest BCUT2D eigenvalue weighted by atomic mass is 9.79. The molecular weight excluding hydrogens is 282 g/mol. The van der Waals surface area contributed by atoms with Gasteiger partial charge >= 0.3 is 0 Å². The van der Waals surface area contributed by atoms with E-state index in [9.17, 15) is 0 Å². The number of nitrogens with one attached hydrogen (secondary N) is 2. The quantitative estimate of drug-likeness (QED) is 0.770. The maximum absolute atomic E-state index is 3.75. The van der Waals surface area contributed by atoms with E-state index >= 15 is 0 Å². The minimum absolute atomic E-state index is 0.386. The largest absolute Gasteiger partial charge is 0.307 e. The topological polar surface area (TPSA) is 27.3 Å².